The number of hydrogen-bond acceptors (Lipinski definition) is 2. The smallest absolute Gasteiger partial charge is 0.0540 e. The topological polar surface area (TPSA) is 6.48 Å². The van der Waals surface area contributed by atoms with Crippen LogP contribution in [-0.2, 0) is 0 Å². The van der Waals surface area contributed by atoms with E-state index in [0.717, 1.165) is 45.3 Å². The number of anilines is 6. The summed E-state index contributed by atoms with van der Waals surface area (Å²) in [6, 6.07) is 100. The molecule has 0 unspecified atom stereocenters. The summed E-state index contributed by atoms with van der Waals surface area (Å²) < 4.78 is 0. The maximum Gasteiger partial charge on any atom is 0.0540 e. The van der Waals surface area contributed by atoms with Gasteiger partial charge in [0.15, 0.2) is 0 Å². The van der Waals surface area contributed by atoms with E-state index in [9.17, 15) is 0 Å². The summed E-state index contributed by atoms with van der Waals surface area (Å²) in [5.41, 5.74) is 18.4. The molecule has 312 valence electrons. The molecule has 11 aromatic carbocycles. The highest BCUT2D eigenvalue weighted by molar-refractivity contribution is 5.99. The van der Waals surface area contributed by atoms with E-state index < -0.39 is 0 Å². The molecule has 0 aromatic heterocycles. The van der Waals surface area contributed by atoms with Crippen molar-refractivity contribution in [1.29, 1.82) is 0 Å². The molecule has 0 atom stereocenters. The van der Waals surface area contributed by atoms with Crippen LogP contribution in [0, 0.1) is 0 Å². The summed E-state index contributed by atoms with van der Waals surface area (Å²) in [4.78, 5) is 4.75. The zero-order valence-corrected chi connectivity index (χ0v) is 36.5. The van der Waals surface area contributed by atoms with Gasteiger partial charge < -0.3 is 9.80 Å². The minimum Gasteiger partial charge on any atom is -0.310 e. The fourth-order valence-electron chi connectivity index (χ4n) is 9.09. The molecule has 11 aromatic rings. The molecule has 66 heavy (non-hydrogen) atoms. The number of fused-ring (bicyclic) bond motifs is 1. The number of benzene rings is 11. The maximum atomic E-state index is 2.38. The summed E-state index contributed by atoms with van der Waals surface area (Å²) in [7, 11) is 0. The Morgan fingerprint density at radius 3 is 0.879 bits per heavy atom. The lowest BCUT2D eigenvalue weighted by molar-refractivity contribution is 1.28. The monoisotopic (exact) mass is 842 g/mol. The van der Waals surface area contributed by atoms with Crippen LogP contribution in [0.25, 0.3) is 66.4 Å². The third kappa shape index (κ3) is 8.28. The second-order valence-corrected chi connectivity index (χ2v) is 16.6. The first-order valence-electron chi connectivity index (χ1n) is 22.6. The predicted octanol–water partition coefficient (Wildman–Crippen LogP) is 18.1. The van der Waals surface area contributed by atoms with Crippen molar-refractivity contribution in [1.82, 2.24) is 0 Å². The van der Waals surface area contributed by atoms with Crippen molar-refractivity contribution in [2.45, 2.75) is 0 Å². The Balaban J connectivity index is 0.971. The second kappa shape index (κ2) is 18.2. The van der Waals surface area contributed by atoms with Crippen LogP contribution in [0.3, 0.4) is 0 Å². The largest absolute Gasteiger partial charge is 0.310 e. The average molecular weight is 843 g/mol. The van der Waals surface area contributed by atoms with E-state index in [1.165, 1.54) is 55.3 Å². The summed E-state index contributed by atoms with van der Waals surface area (Å²) >= 11 is 0. The highest BCUT2D eigenvalue weighted by atomic mass is 15.1. The molecule has 11 rings (SSSR count). The molecule has 0 fully saturated rings. The Morgan fingerprint density at radius 2 is 0.485 bits per heavy atom. The Kier molecular flexibility index (Phi) is 11.0. The lowest BCUT2D eigenvalue weighted by Gasteiger charge is -2.28. The van der Waals surface area contributed by atoms with Crippen LogP contribution in [0.4, 0.5) is 34.1 Å². The normalized spacial score (nSPS) is 11.0. The molecule has 0 heterocycles. The van der Waals surface area contributed by atoms with Crippen molar-refractivity contribution >= 4 is 44.9 Å². The minimum absolute atomic E-state index is 1.08. The summed E-state index contributed by atoms with van der Waals surface area (Å²) in [5, 5.41) is 2.41. The lowest BCUT2D eigenvalue weighted by atomic mass is 9.97. The Bertz CT molecular complexity index is 3290. The molecule has 0 aliphatic carbocycles. The molecule has 0 bridgehead atoms. The molecular formula is C64H46N2. The summed E-state index contributed by atoms with van der Waals surface area (Å²) in [6.45, 7) is 0. The van der Waals surface area contributed by atoms with Gasteiger partial charge in [0, 0.05) is 33.8 Å². The molecule has 0 radical (unpaired) electrons. The van der Waals surface area contributed by atoms with Gasteiger partial charge in [-0.3, -0.25) is 0 Å². The summed E-state index contributed by atoms with van der Waals surface area (Å²) in [6.07, 6.45) is 0. The van der Waals surface area contributed by atoms with Gasteiger partial charge in [-0.1, -0.05) is 206 Å². The standard InChI is InChI=1S/C64H46N2/c1-5-16-47(17-6-1)51-28-36-58(37-29-51)65(62-45-56(49-20-9-3-10-21-49)44-57(46-62)50-22-11-4-12-23-50)59-38-30-53(31-39-59)54-34-42-61(43-35-54)66(64-27-15-25-55-24-13-14-26-63(55)64)60-40-32-52(33-41-60)48-18-7-2-8-19-48/h1-46H. The van der Waals surface area contributed by atoms with Crippen LogP contribution in [0.1, 0.15) is 0 Å². The van der Waals surface area contributed by atoms with Crippen molar-refractivity contribution in [2.75, 3.05) is 9.80 Å². The van der Waals surface area contributed by atoms with Crippen molar-refractivity contribution in [3.63, 3.8) is 0 Å². The zero-order valence-electron chi connectivity index (χ0n) is 36.5. The highest BCUT2D eigenvalue weighted by Crippen LogP contribution is 2.43. The quantitative estimate of drug-likeness (QED) is 0.128. The van der Waals surface area contributed by atoms with E-state index in [4.69, 9.17) is 0 Å². The number of nitrogens with zero attached hydrogens (tertiary/aromatic N) is 2. The molecule has 2 nitrogen and oxygen atoms in total. The lowest BCUT2D eigenvalue weighted by Crippen LogP contribution is -2.10. The van der Waals surface area contributed by atoms with Crippen molar-refractivity contribution < 1.29 is 0 Å². The van der Waals surface area contributed by atoms with E-state index >= 15 is 0 Å². The van der Waals surface area contributed by atoms with Crippen LogP contribution in [0.5, 0.6) is 0 Å². The second-order valence-electron chi connectivity index (χ2n) is 16.6. The van der Waals surface area contributed by atoms with Gasteiger partial charge in [-0.2, -0.15) is 0 Å². The SMILES string of the molecule is c1ccc(-c2ccc(N(c3ccc(-c4ccc(N(c5ccc(-c6ccccc6)cc5)c5cccc6ccccc56)cc4)cc3)c3cc(-c4ccccc4)cc(-c4ccccc4)c3)cc2)cc1. The zero-order chi connectivity index (χ0) is 44.1. The molecule has 0 saturated heterocycles. The fraction of sp³-hybridized carbons (Fsp3) is 0. The van der Waals surface area contributed by atoms with E-state index in [-0.39, 0.29) is 0 Å². The van der Waals surface area contributed by atoms with Gasteiger partial charge in [-0.25, -0.2) is 0 Å². The molecule has 0 N–H and O–H groups in total. The average Bonchev–Trinajstić information content (AvgIpc) is 3.41. The third-order valence-electron chi connectivity index (χ3n) is 12.4. The molecule has 0 aliphatic heterocycles. The van der Waals surface area contributed by atoms with Crippen LogP contribution in [0.2, 0.25) is 0 Å². The first-order valence-corrected chi connectivity index (χ1v) is 22.6. The van der Waals surface area contributed by atoms with E-state index in [2.05, 4.69) is 289 Å². The van der Waals surface area contributed by atoms with Gasteiger partial charge >= 0.3 is 0 Å². The van der Waals surface area contributed by atoms with Crippen LogP contribution >= 0.6 is 0 Å². The molecular weight excluding hydrogens is 797 g/mol. The van der Waals surface area contributed by atoms with Crippen LogP contribution in [-0.4, -0.2) is 0 Å². The van der Waals surface area contributed by atoms with Crippen molar-refractivity contribution in [2.24, 2.45) is 0 Å². The fourth-order valence-corrected chi connectivity index (χ4v) is 9.09. The number of hydrogen-bond donors (Lipinski definition) is 0. The first-order chi connectivity index (χ1) is 32.7. The van der Waals surface area contributed by atoms with Crippen LogP contribution in [0.15, 0.2) is 279 Å². The van der Waals surface area contributed by atoms with Crippen molar-refractivity contribution in [3.8, 4) is 55.6 Å². The van der Waals surface area contributed by atoms with Gasteiger partial charge in [0.05, 0.1) is 5.69 Å². The van der Waals surface area contributed by atoms with Gasteiger partial charge in [-0.15, -0.1) is 0 Å². The molecule has 0 spiro atoms. The first kappa shape index (κ1) is 40.1. The van der Waals surface area contributed by atoms with Gasteiger partial charge in [0.1, 0.15) is 0 Å². The minimum atomic E-state index is 1.08. The van der Waals surface area contributed by atoms with Gasteiger partial charge in [0.2, 0.25) is 0 Å². The third-order valence-corrected chi connectivity index (χ3v) is 12.4. The molecule has 0 saturated carbocycles. The highest BCUT2D eigenvalue weighted by Gasteiger charge is 2.18. The molecule has 0 amide bonds. The molecule has 2 heteroatoms. The van der Waals surface area contributed by atoms with Gasteiger partial charge in [0.25, 0.3) is 0 Å². The predicted molar refractivity (Wildman–Crippen MR) is 280 cm³/mol. The number of rotatable bonds is 11. The van der Waals surface area contributed by atoms with Crippen LogP contribution < -0.4 is 9.80 Å². The Hall–Kier alpha value is -8.72. The van der Waals surface area contributed by atoms with E-state index in [0.29, 0.717) is 0 Å². The maximum absolute atomic E-state index is 2.38. The van der Waals surface area contributed by atoms with Gasteiger partial charge in [-0.05, 0) is 134 Å². The van der Waals surface area contributed by atoms with E-state index in [1.807, 2.05) is 0 Å². The van der Waals surface area contributed by atoms with E-state index in [1.54, 1.807) is 0 Å². The van der Waals surface area contributed by atoms with Crippen molar-refractivity contribution in [3.05, 3.63) is 279 Å². The Labute approximate surface area is 387 Å². The summed E-state index contributed by atoms with van der Waals surface area (Å²) in [5.74, 6) is 0. The molecule has 0 aliphatic rings. The Morgan fingerprint density at radius 1 is 0.182 bits per heavy atom.